The maximum absolute atomic E-state index is 11.8. The predicted molar refractivity (Wildman–Crippen MR) is 91.3 cm³/mol. The Morgan fingerprint density at radius 1 is 0.955 bits per heavy atom. The molecule has 6 heteroatoms. The Morgan fingerprint density at radius 2 is 1.59 bits per heavy atom. The van der Waals surface area contributed by atoms with Crippen LogP contribution in [0, 0.1) is 0 Å². The summed E-state index contributed by atoms with van der Waals surface area (Å²) >= 11 is 17.5. The zero-order valence-electron chi connectivity index (χ0n) is 11.6. The van der Waals surface area contributed by atoms with Crippen LogP contribution in [0.25, 0.3) is 0 Å². The SMILES string of the molecule is O=C(CCCOc1ccc(Cl)cc1)Nc1cc(Cl)cc(Cl)c1. The first-order valence-electron chi connectivity index (χ1n) is 6.67. The van der Waals surface area contributed by atoms with Gasteiger partial charge in [-0.3, -0.25) is 4.79 Å². The lowest BCUT2D eigenvalue weighted by atomic mass is 10.2. The van der Waals surface area contributed by atoms with E-state index >= 15 is 0 Å². The van der Waals surface area contributed by atoms with Crippen LogP contribution in [-0.2, 0) is 4.79 Å². The van der Waals surface area contributed by atoms with Crippen molar-refractivity contribution >= 4 is 46.4 Å². The summed E-state index contributed by atoms with van der Waals surface area (Å²) in [5, 5.41) is 4.37. The molecule has 0 aliphatic rings. The van der Waals surface area contributed by atoms with Crippen LogP contribution < -0.4 is 10.1 Å². The van der Waals surface area contributed by atoms with Crippen LogP contribution in [-0.4, -0.2) is 12.5 Å². The summed E-state index contributed by atoms with van der Waals surface area (Å²) in [6, 6.07) is 12.0. The Labute approximate surface area is 144 Å². The van der Waals surface area contributed by atoms with Crippen LogP contribution in [0.1, 0.15) is 12.8 Å². The first-order chi connectivity index (χ1) is 10.5. The van der Waals surface area contributed by atoms with Gasteiger partial charge in [-0.1, -0.05) is 34.8 Å². The molecule has 2 aromatic rings. The molecule has 0 saturated carbocycles. The van der Waals surface area contributed by atoms with Gasteiger partial charge in [0.25, 0.3) is 0 Å². The third kappa shape index (κ3) is 5.76. The van der Waals surface area contributed by atoms with Crippen molar-refractivity contribution in [1.82, 2.24) is 0 Å². The summed E-state index contributed by atoms with van der Waals surface area (Å²) in [6.07, 6.45) is 0.945. The minimum Gasteiger partial charge on any atom is -0.494 e. The van der Waals surface area contributed by atoms with Crippen LogP contribution in [0.2, 0.25) is 15.1 Å². The first kappa shape index (κ1) is 16.9. The predicted octanol–water partition coefficient (Wildman–Crippen LogP) is 5.44. The Bertz CT molecular complexity index is 624. The van der Waals surface area contributed by atoms with Crippen molar-refractivity contribution in [3.8, 4) is 5.75 Å². The number of anilines is 1. The third-order valence-corrected chi connectivity index (χ3v) is 3.47. The highest BCUT2D eigenvalue weighted by molar-refractivity contribution is 6.35. The zero-order chi connectivity index (χ0) is 15.9. The van der Waals surface area contributed by atoms with Crippen molar-refractivity contribution in [2.75, 3.05) is 11.9 Å². The number of ether oxygens (including phenoxy) is 1. The molecular weight excluding hydrogens is 345 g/mol. The Balaban J connectivity index is 1.72. The molecule has 0 radical (unpaired) electrons. The molecule has 116 valence electrons. The van der Waals surface area contributed by atoms with Crippen LogP contribution in [0.5, 0.6) is 5.75 Å². The van der Waals surface area contributed by atoms with Gasteiger partial charge in [0, 0.05) is 27.2 Å². The Morgan fingerprint density at radius 3 is 2.23 bits per heavy atom. The number of nitrogens with one attached hydrogen (secondary N) is 1. The van der Waals surface area contributed by atoms with Crippen LogP contribution >= 0.6 is 34.8 Å². The van der Waals surface area contributed by atoms with Crippen molar-refractivity contribution in [3.05, 3.63) is 57.5 Å². The molecule has 0 aliphatic carbocycles. The Kier molecular flexibility index (Phi) is 6.37. The van der Waals surface area contributed by atoms with E-state index in [1.54, 1.807) is 42.5 Å². The van der Waals surface area contributed by atoms with Crippen molar-refractivity contribution < 1.29 is 9.53 Å². The van der Waals surface area contributed by atoms with E-state index in [1.807, 2.05) is 0 Å². The average molecular weight is 359 g/mol. The van der Waals surface area contributed by atoms with E-state index in [0.29, 0.717) is 40.2 Å². The molecule has 22 heavy (non-hydrogen) atoms. The highest BCUT2D eigenvalue weighted by Gasteiger charge is 2.04. The summed E-state index contributed by atoms with van der Waals surface area (Å²) in [5.74, 6) is 0.615. The van der Waals surface area contributed by atoms with E-state index in [0.717, 1.165) is 5.75 Å². The van der Waals surface area contributed by atoms with Crippen LogP contribution in [0.3, 0.4) is 0 Å². The molecule has 0 unspecified atom stereocenters. The monoisotopic (exact) mass is 357 g/mol. The molecule has 2 aromatic carbocycles. The summed E-state index contributed by atoms with van der Waals surface area (Å²) in [7, 11) is 0. The zero-order valence-corrected chi connectivity index (χ0v) is 13.9. The second-order valence-electron chi connectivity index (χ2n) is 4.61. The summed E-state index contributed by atoms with van der Waals surface area (Å²) < 4.78 is 5.52. The lowest BCUT2D eigenvalue weighted by Crippen LogP contribution is -2.12. The fourth-order valence-corrected chi connectivity index (χ4v) is 2.46. The van der Waals surface area contributed by atoms with E-state index in [1.165, 1.54) is 0 Å². The Hall–Kier alpha value is -1.42. The van der Waals surface area contributed by atoms with Crippen molar-refractivity contribution in [2.24, 2.45) is 0 Å². The maximum atomic E-state index is 11.8. The quantitative estimate of drug-likeness (QED) is 0.698. The van der Waals surface area contributed by atoms with E-state index in [9.17, 15) is 4.79 Å². The minimum absolute atomic E-state index is 0.113. The van der Waals surface area contributed by atoms with Gasteiger partial charge in [-0.25, -0.2) is 0 Å². The van der Waals surface area contributed by atoms with Gasteiger partial charge in [-0.15, -0.1) is 0 Å². The molecule has 0 fully saturated rings. The van der Waals surface area contributed by atoms with E-state index in [2.05, 4.69) is 5.32 Å². The standard InChI is InChI=1S/C16H14Cl3NO2/c17-11-3-5-15(6-4-11)22-7-1-2-16(21)20-14-9-12(18)8-13(19)10-14/h3-6,8-10H,1-2,7H2,(H,20,21). The van der Waals surface area contributed by atoms with Crippen LogP contribution in [0.15, 0.2) is 42.5 Å². The molecule has 0 aliphatic heterocycles. The number of hydrogen-bond acceptors (Lipinski definition) is 2. The van der Waals surface area contributed by atoms with Gasteiger partial charge in [-0.05, 0) is 48.9 Å². The summed E-state index contributed by atoms with van der Waals surface area (Å²) in [4.78, 5) is 11.8. The smallest absolute Gasteiger partial charge is 0.224 e. The molecule has 2 rings (SSSR count). The number of carbonyl (C=O) groups is 1. The molecule has 0 heterocycles. The molecule has 1 N–H and O–H groups in total. The highest BCUT2D eigenvalue weighted by Crippen LogP contribution is 2.22. The van der Waals surface area contributed by atoms with Gasteiger partial charge >= 0.3 is 0 Å². The number of benzene rings is 2. The van der Waals surface area contributed by atoms with Gasteiger partial charge in [-0.2, -0.15) is 0 Å². The van der Waals surface area contributed by atoms with Crippen molar-refractivity contribution in [1.29, 1.82) is 0 Å². The van der Waals surface area contributed by atoms with Crippen molar-refractivity contribution in [3.63, 3.8) is 0 Å². The summed E-state index contributed by atoms with van der Waals surface area (Å²) in [5.41, 5.74) is 0.584. The minimum atomic E-state index is -0.113. The molecule has 0 atom stereocenters. The molecule has 0 spiro atoms. The van der Waals surface area contributed by atoms with Gasteiger partial charge < -0.3 is 10.1 Å². The highest BCUT2D eigenvalue weighted by atomic mass is 35.5. The maximum Gasteiger partial charge on any atom is 0.224 e. The number of amides is 1. The molecule has 1 amide bonds. The van der Waals surface area contributed by atoms with Crippen LogP contribution in [0.4, 0.5) is 5.69 Å². The lowest BCUT2D eigenvalue weighted by Gasteiger charge is -2.08. The number of rotatable bonds is 6. The number of halogens is 3. The largest absolute Gasteiger partial charge is 0.494 e. The molecule has 0 aromatic heterocycles. The first-order valence-corrected chi connectivity index (χ1v) is 7.80. The van der Waals surface area contributed by atoms with Crippen molar-refractivity contribution in [2.45, 2.75) is 12.8 Å². The lowest BCUT2D eigenvalue weighted by molar-refractivity contribution is -0.116. The molecule has 0 saturated heterocycles. The molecule has 0 bridgehead atoms. The van der Waals surface area contributed by atoms with E-state index in [-0.39, 0.29) is 5.91 Å². The van der Waals surface area contributed by atoms with Gasteiger partial charge in [0.2, 0.25) is 5.91 Å². The number of carbonyl (C=O) groups excluding carboxylic acids is 1. The van der Waals surface area contributed by atoms with Gasteiger partial charge in [0.1, 0.15) is 5.75 Å². The van der Waals surface area contributed by atoms with E-state index < -0.39 is 0 Å². The fraction of sp³-hybridized carbons (Fsp3) is 0.188. The second-order valence-corrected chi connectivity index (χ2v) is 5.92. The molecular formula is C16H14Cl3NO2. The number of hydrogen-bond donors (Lipinski definition) is 1. The van der Waals surface area contributed by atoms with Gasteiger partial charge in [0.15, 0.2) is 0 Å². The summed E-state index contributed by atoms with van der Waals surface area (Å²) in [6.45, 7) is 0.450. The fourth-order valence-electron chi connectivity index (χ4n) is 1.80. The van der Waals surface area contributed by atoms with Gasteiger partial charge in [0.05, 0.1) is 6.61 Å². The van der Waals surface area contributed by atoms with E-state index in [4.69, 9.17) is 39.5 Å². The second kappa shape index (κ2) is 8.28. The molecule has 3 nitrogen and oxygen atoms in total. The average Bonchev–Trinajstić information content (AvgIpc) is 2.44. The third-order valence-electron chi connectivity index (χ3n) is 2.78. The normalized spacial score (nSPS) is 10.3. The topological polar surface area (TPSA) is 38.3 Å².